The van der Waals surface area contributed by atoms with Crippen LogP contribution in [-0.4, -0.2) is 33.7 Å². The minimum Gasteiger partial charge on any atom is -0.497 e. The molecule has 0 bridgehead atoms. The first-order chi connectivity index (χ1) is 13.0. The van der Waals surface area contributed by atoms with Crippen molar-refractivity contribution in [2.24, 2.45) is 5.92 Å². The summed E-state index contributed by atoms with van der Waals surface area (Å²) in [5, 5.41) is 0. The number of sulfonamides is 1. The smallest absolute Gasteiger partial charge is 0.261 e. The third kappa shape index (κ3) is 3.77. The molecule has 1 fully saturated rings. The Morgan fingerprint density at radius 1 is 1.22 bits per heavy atom. The quantitative estimate of drug-likeness (QED) is 0.827. The van der Waals surface area contributed by atoms with Crippen LogP contribution in [0.15, 0.2) is 52.3 Å². The standard InChI is InChI=1S/C19H20N2O4S2/c1-25-15-4-2-3-14(11-15)20-27(23,24)16-7-8-18-17(12-16)21(9-10-26-18)19(22)13-5-6-13/h2-4,7-8,11-13,20H,5-6,9-10H2,1H3. The van der Waals surface area contributed by atoms with E-state index in [1.807, 2.05) is 0 Å². The molecule has 2 aromatic carbocycles. The molecule has 1 amide bonds. The average molecular weight is 405 g/mol. The number of benzene rings is 2. The molecule has 1 heterocycles. The van der Waals surface area contributed by atoms with Crippen LogP contribution in [0.3, 0.4) is 0 Å². The van der Waals surface area contributed by atoms with Gasteiger partial charge in [0, 0.05) is 29.2 Å². The Kier molecular flexibility index (Phi) is 4.77. The van der Waals surface area contributed by atoms with Crippen LogP contribution in [-0.2, 0) is 14.8 Å². The first-order valence-electron chi connectivity index (χ1n) is 8.73. The van der Waals surface area contributed by atoms with Gasteiger partial charge in [0.05, 0.1) is 23.4 Å². The molecule has 2 aliphatic rings. The first kappa shape index (κ1) is 18.2. The van der Waals surface area contributed by atoms with Crippen molar-refractivity contribution < 1.29 is 17.9 Å². The number of rotatable bonds is 5. The van der Waals surface area contributed by atoms with Crippen molar-refractivity contribution >= 4 is 39.1 Å². The molecule has 27 heavy (non-hydrogen) atoms. The predicted octanol–water partition coefficient (Wildman–Crippen LogP) is 3.34. The lowest BCUT2D eigenvalue weighted by Gasteiger charge is -2.29. The molecule has 1 saturated carbocycles. The minimum atomic E-state index is -3.78. The Hall–Kier alpha value is -2.19. The van der Waals surface area contributed by atoms with Crippen LogP contribution >= 0.6 is 11.8 Å². The molecule has 8 heteroatoms. The number of fused-ring (bicyclic) bond motifs is 1. The van der Waals surface area contributed by atoms with E-state index in [0.717, 1.165) is 23.5 Å². The molecular weight excluding hydrogens is 384 g/mol. The maximum atomic E-state index is 12.8. The molecule has 142 valence electrons. The van der Waals surface area contributed by atoms with E-state index in [9.17, 15) is 13.2 Å². The van der Waals surface area contributed by atoms with Gasteiger partial charge in [-0.1, -0.05) is 6.07 Å². The van der Waals surface area contributed by atoms with Gasteiger partial charge in [0.1, 0.15) is 5.75 Å². The fourth-order valence-corrected chi connectivity index (χ4v) is 5.09. The van der Waals surface area contributed by atoms with Crippen molar-refractivity contribution in [2.75, 3.05) is 29.0 Å². The molecule has 1 aliphatic carbocycles. The molecule has 0 spiro atoms. The second kappa shape index (κ2) is 7.09. The molecule has 0 aromatic heterocycles. The SMILES string of the molecule is COc1cccc(NS(=O)(=O)c2ccc3c(c2)N(C(=O)C2CC2)CCS3)c1. The Balaban J connectivity index is 1.65. The maximum Gasteiger partial charge on any atom is 0.261 e. The molecule has 1 N–H and O–H groups in total. The Bertz CT molecular complexity index is 987. The molecule has 0 unspecified atom stereocenters. The van der Waals surface area contributed by atoms with Crippen LogP contribution in [0.25, 0.3) is 0 Å². The summed E-state index contributed by atoms with van der Waals surface area (Å²) in [5.74, 6) is 1.58. The van der Waals surface area contributed by atoms with E-state index < -0.39 is 10.0 Å². The number of nitrogens with one attached hydrogen (secondary N) is 1. The van der Waals surface area contributed by atoms with E-state index in [1.165, 1.54) is 7.11 Å². The molecule has 2 aromatic rings. The number of ether oxygens (including phenoxy) is 1. The number of amides is 1. The van der Waals surface area contributed by atoms with Crippen LogP contribution in [0.1, 0.15) is 12.8 Å². The average Bonchev–Trinajstić information content (AvgIpc) is 3.51. The van der Waals surface area contributed by atoms with Gasteiger partial charge in [0.25, 0.3) is 10.0 Å². The number of hydrogen-bond acceptors (Lipinski definition) is 5. The van der Waals surface area contributed by atoms with E-state index in [2.05, 4.69) is 4.72 Å². The number of nitrogens with zero attached hydrogens (tertiary/aromatic N) is 1. The predicted molar refractivity (Wildman–Crippen MR) is 106 cm³/mol. The first-order valence-corrected chi connectivity index (χ1v) is 11.2. The summed E-state index contributed by atoms with van der Waals surface area (Å²) < 4.78 is 33.4. The van der Waals surface area contributed by atoms with Crippen LogP contribution in [0.2, 0.25) is 0 Å². The van der Waals surface area contributed by atoms with Crippen LogP contribution < -0.4 is 14.4 Å². The number of anilines is 2. The largest absolute Gasteiger partial charge is 0.497 e. The normalized spacial score (nSPS) is 16.6. The number of thioether (sulfide) groups is 1. The highest BCUT2D eigenvalue weighted by Gasteiger charge is 2.36. The fraction of sp³-hybridized carbons (Fsp3) is 0.316. The Morgan fingerprint density at radius 2 is 2.04 bits per heavy atom. The van der Waals surface area contributed by atoms with E-state index in [0.29, 0.717) is 23.7 Å². The van der Waals surface area contributed by atoms with Crippen molar-refractivity contribution in [3.63, 3.8) is 0 Å². The van der Waals surface area contributed by atoms with Gasteiger partial charge in [-0.15, -0.1) is 11.8 Å². The zero-order valence-corrected chi connectivity index (χ0v) is 16.5. The zero-order chi connectivity index (χ0) is 19.0. The van der Waals surface area contributed by atoms with Gasteiger partial charge in [-0.3, -0.25) is 9.52 Å². The van der Waals surface area contributed by atoms with Gasteiger partial charge in [-0.2, -0.15) is 0 Å². The summed E-state index contributed by atoms with van der Waals surface area (Å²) in [4.78, 5) is 15.4. The maximum absolute atomic E-state index is 12.8. The highest BCUT2D eigenvalue weighted by atomic mass is 32.2. The van der Waals surface area contributed by atoms with Gasteiger partial charge >= 0.3 is 0 Å². The molecule has 1 aliphatic heterocycles. The molecule has 4 rings (SSSR count). The molecule has 6 nitrogen and oxygen atoms in total. The van der Waals surface area contributed by atoms with Crippen molar-refractivity contribution in [2.45, 2.75) is 22.6 Å². The number of hydrogen-bond donors (Lipinski definition) is 1. The van der Waals surface area contributed by atoms with E-state index >= 15 is 0 Å². The second-order valence-corrected chi connectivity index (χ2v) is 9.40. The summed E-state index contributed by atoms with van der Waals surface area (Å²) in [7, 11) is -2.25. The number of carbonyl (C=O) groups is 1. The monoisotopic (exact) mass is 404 g/mol. The molecular formula is C19H20N2O4S2. The summed E-state index contributed by atoms with van der Waals surface area (Å²) in [6.45, 7) is 0.611. The highest BCUT2D eigenvalue weighted by Crippen LogP contribution is 2.40. The number of methoxy groups -OCH3 is 1. The van der Waals surface area contributed by atoms with Crippen LogP contribution in [0.5, 0.6) is 5.75 Å². The van der Waals surface area contributed by atoms with Gasteiger partial charge in [-0.25, -0.2) is 8.42 Å². The summed E-state index contributed by atoms with van der Waals surface area (Å²) >= 11 is 1.64. The second-order valence-electron chi connectivity index (χ2n) is 6.58. The fourth-order valence-electron chi connectivity index (χ4n) is 3.04. The summed E-state index contributed by atoms with van der Waals surface area (Å²) in [5.41, 5.74) is 1.11. The summed E-state index contributed by atoms with van der Waals surface area (Å²) in [6, 6.07) is 11.7. The zero-order valence-electron chi connectivity index (χ0n) is 14.8. The highest BCUT2D eigenvalue weighted by molar-refractivity contribution is 7.99. The van der Waals surface area contributed by atoms with Crippen molar-refractivity contribution in [3.8, 4) is 5.75 Å². The van der Waals surface area contributed by atoms with Crippen molar-refractivity contribution in [3.05, 3.63) is 42.5 Å². The third-order valence-electron chi connectivity index (χ3n) is 4.62. The molecule has 0 radical (unpaired) electrons. The van der Waals surface area contributed by atoms with E-state index in [1.54, 1.807) is 59.1 Å². The van der Waals surface area contributed by atoms with Crippen molar-refractivity contribution in [1.82, 2.24) is 0 Å². The third-order valence-corrected chi connectivity index (χ3v) is 7.04. The molecule has 0 saturated heterocycles. The minimum absolute atomic E-state index is 0.0936. The van der Waals surface area contributed by atoms with Crippen LogP contribution in [0.4, 0.5) is 11.4 Å². The van der Waals surface area contributed by atoms with Gasteiger partial charge in [-0.05, 0) is 43.2 Å². The van der Waals surface area contributed by atoms with Crippen molar-refractivity contribution in [1.29, 1.82) is 0 Å². The lowest BCUT2D eigenvalue weighted by atomic mass is 10.2. The lowest BCUT2D eigenvalue weighted by molar-refractivity contribution is -0.119. The van der Waals surface area contributed by atoms with Gasteiger partial charge in [0.2, 0.25) is 5.91 Å². The van der Waals surface area contributed by atoms with E-state index in [4.69, 9.17) is 4.74 Å². The topological polar surface area (TPSA) is 75.7 Å². The summed E-state index contributed by atoms with van der Waals surface area (Å²) in [6.07, 6.45) is 1.85. The lowest BCUT2D eigenvalue weighted by Crippen LogP contribution is -2.36. The number of carbonyl (C=O) groups excluding carboxylic acids is 1. The Labute approximate surface area is 163 Å². The molecule has 0 atom stereocenters. The van der Waals surface area contributed by atoms with E-state index in [-0.39, 0.29) is 16.7 Å². The van der Waals surface area contributed by atoms with Gasteiger partial charge in [0.15, 0.2) is 0 Å². The van der Waals surface area contributed by atoms with Crippen LogP contribution in [0, 0.1) is 5.92 Å². The Morgan fingerprint density at radius 3 is 2.78 bits per heavy atom. The van der Waals surface area contributed by atoms with Gasteiger partial charge < -0.3 is 9.64 Å².